The highest BCUT2D eigenvalue weighted by Crippen LogP contribution is 2.29. The fourth-order valence-electron chi connectivity index (χ4n) is 1.83. The first-order chi connectivity index (χ1) is 9.31. The number of benzene rings is 1. The minimum atomic E-state index is -0.213. The number of hydrogen-bond acceptors (Lipinski definition) is 3. The normalized spacial score (nSPS) is 10.6. The average Bonchev–Trinajstić information content (AvgIpc) is 3.07. The van der Waals surface area contributed by atoms with Crippen molar-refractivity contribution in [2.24, 2.45) is 0 Å². The Morgan fingerprint density at radius 1 is 1.05 bits per heavy atom. The predicted molar refractivity (Wildman–Crippen MR) is 81.4 cm³/mol. The van der Waals surface area contributed by atoms with E-state index < -0.39 is 0 Å². The summed E-state index contributed by atoms with van der Waals surface area (Å²) in [6, 6.07) is 12.9. The van der Waals surface area contributed by atoms with Crippen molar-refractivity contribution < 1.29 is 4.39 Å². The summed E-state index contributed by atoms with van der Waals surface area (Å²) in [5, 5.41) is 7.48. The lowest BCUT2D eigenvalue weighted by molar-refractivity contribution is 0.628. The monoisotopic (exact) mass is 289 g/mol. The molecule has 0 amide bonds. The highest BCUT2D eigenvalue weighted by Gasteiger charge is 2.03. The van der Waals surface area contributed by atoms with E-state index in [4.69, 9.17) is 0 Å². The van der Waals surface area contributed by atoms with Crippen molar-refractivity contribution in [3.8, 4) is 10.4 Å². The van der Waals surface area contributed by atoms with E-state index >= 15 is 0 Å². The van der Waals surface area contributed by atoms with Crippen molar-refractivity contribution in [3.05, 3.63) is 63.9 Å². The molecule has 19 heavy (non-hydrogen) atoms. The second-order valence-electron chi connectivity index (χ2n) is 4.14. The summed E-state index contributed by atoms with van der Waals surface area (Å²) in [6.45, 7) is 0.722. The van der Waals surface area contributed by atoms with Gasteiger partial charge in [-0.15, -0.1) is 22.7 Å². The van der Waals surface area contributed by atoms with E-state index in [1.54, 1.807) is 28.7 Å². The molecule has 2 aromatic heterocycles. The van der Waals surface area contributed by atoms with Crippen LogP contribution in [0, 0.1) is 5.82 Å². The summed E-state index contributed by atoms with van der Waals surface area (Å²) in [4.78, 5) is 2.53. The van der Waals surface area contributed by atoms with Crippen LogP contribution in [-0.2, 0) is 6.54 Å². The zero-order chi connectivity index (χ0) is 13.1. The summed E-state index contributed by atoms with van der Waals surface area (Å²) >= 11 is 3.46. The molecule has 1 N–H and O–H groups in total. The van der Waals surface area contributed by atoms with Crippen LogP contribution in [-0.4, -0.2) is 0 Å². The third-order valence-corrected chi connectivity index (χ3v) is 4.61. The van der Waals surface area contributed by atoms with E-state index in [2.05, 4.69) is 34.3 Å². The summed E-state index contributed by atoms with van der Waals surface area (Å²) in [5.74, 6) is -0.213. The number of halogens is 1. The maximum atomic E-state index is 13.0. The van der Waals surface area contributed by atoms with Crippen LogP contribution >= 0.6 is 22.7 Å². The molecular formula is C15H12FNS2. The number of nitrogens with one attached hydrogen (secondary N) is 1. The molecule has 0 unspecified atom stereocenters. The quantitative estimate of drug-likeness (QED) is 0.693. The Kier molecular flexibility index (Phi) is 3.62. The third kappa shape index (κ3) is 3.03. The first-order valence-corrected chi connectivity index (χ1v) is 7.68. The first-order valence-electron chi connectivity index (χ1n) is 5.92. The Hall–Kier alpha value is -1.65. The van der Waals surface area contributed by atoms with E-state index in [0.717, 1.165) is 12.2 Å². The van der Waals surface area contributed by atoms with E-state index in [0.29, 0.717) is 0 Å². The van der Waals surface area contributed by atoms with Crippen molar-refractivity contribution in [2.45, 2.75) is 6.54 Å². The molecule has 0 aliphatic carbocycles. The molecule has 0 atom stereocenters. The topological polar surface area (TPSA) is 12.0 Å². The Morgan fingerprint density at radius 3 is 2.79 bits per heavy atom. The summed E-state index contributed by atoms with van der Waals surface area (Å²) in [6.07, 6.45) is 0. The standard InChI is InChI=1S/C15H12FNS2/c16-12-3-1-4-13(8-12)17-9-14-7-11(10-19-14)15-5-2-6-18-15/h1-8,10,17H,9H2. The molecule has 3 rings (SSSR count). The highest BCUT2D eigenvalue weighted by molar-refractivity contribution is 7.14. The van der Waals surface area contributed by atoms with Gasteiger partial charge in [0.2, 0.25) is 0 Å². The lowest BCUT2D eigenvalue weighted by Gasteiger charge is -2.04. The van der Waals surface area contributed by atoms with E-state index in [9.17, 15) is 4.39 Å². The number of rotatable bonds is 4. The maximum absolute atomic E-state index is 13.0. The summed E-state index contributed by atoms with van der Waals surface area (Å²) in [7, 11) is 0. The minimum absolute atomic E-state index is 0.213. The Bertz CT molecular complexity index is 658. The van der Waals surface area contributed by atoms with Crippen molar-refractivity contribution in [1.82, 2.24) is 0 Å². The Morgan fingerprint density at radius 2 is 2.00 bits per heavy atom. The van der Waals surface area contributed by atoms with E-state index in [-0.39, 0.29) is 5.82 Å². The van der Waals surface area contributed by atoms with Crippen LogP contribution in [0.4, 0.5) is 10.1 Å². The van der Waals surface area contributed by atoms with E-state index in [1.807, 2.05) is 6.07 Å². The second-order valence-corrected chi connectivity index (χ2v) is 6.09. The molecule has 0 fully saturated rings. The van der Waals surface area contributed by atoms with Crippen molar-refractivity contribution >= 4 is 28.4 Å². The molecule has 0 aliphatic rings. The first kappa shape index (κ1) is 12.4. The van der Waals surface area contributed by atoms with Crippen LogP contribution in [0.5, 0.6) is 0 Å². The number of hydrogen-bond donors (Lipinski definition) is 1. The molecular weight excluding hydrogens is 277 g/mol. The predicted octanol–water partition coefficient (Wildman–Crippen LogP) is 5.23. The molecule has 2 heterocycles. The van der Waals surface area contributed by atoms with Gasteiger partial charge in [0.15, 0.2) is 0 Å². The molecule has 1 nitrogen and oxygen atoms in total. The van der Waals surface area contributed by atoms with Gasteiger partial charge in [0, 0.05) is 27.5 Å². The molecule has 3 aromatic rings. The fourth-order valence-corrected chi connectivity index (χ4v) is 3.45. The smallest absolute Gasteiger partial charge is 0.125 e. The van der Waals surface area contributed by atoms with Gasteiger partial charge >= 0.3 is 0 Å². The molecule has 0 spiro atoms. The zero-order valence-corrected chi connectivity index (χ0v) is 11.7. The van der Waals surface area contributed by atoms with Crippen molar-refractivity contribution in [3.63, 3.8) is 0 Å². The van der Waals surface area contributed by atoms with Crippen molar-refractivity contribution in [2.75, 3.05) is 5.32 Å². The van der Waals surface area contributed by atoms with Gasteiger partial charge in [0.25, 0.3) is 0 Å². The lowest BCUT2D eigenvalue weighted by Crippen LogP contribution is -1.97. The molecule has 96 valence electrons. The SMILES string of the molecule is Fc1cccc(NCc2cc(-c3cccs3)cs2)c1. The maximum Gasteiger partial charge on any atom is 0.125 e. The van der Waals surface area contributed by atoms with Crippen LogP contribution in [0.3, 0.4) is 0 Å². The van der Waals surface area contributed by atoms with Gasteiger partial charge in [-0.25, -0.2) is 4.39 Å². The average molecular weight is 289 g/mol. The lowest BCUT2D eigenvalue weighted by atomic mass is 10.2. The molecule has 0 aliphatic heterocycles. The number of anilines is 1. The highest BCUT2D eigenvalue weighted by atomic mass is 32.1. The molecule has 0 radical (unpaired) electrons. The van der Waals surface area contributed by atoms with Gasteiger partial charge in [-0.3, -0.25) is 0 Å². The van der Waals surface area contributed by atoms with Crippen LogP contribution in [0.2, 0.25) is 0 Å². The summed E-state index contributed by atoms with van der Waals surface area (Å²) < 4.78 is 13.0. The third-order valence-electron chi connectivity index (χ3n) is 2.75. The van der Waals surface area contributed by atoms with Crippen LogP contribution in [0.1, 0.15) is 4.88 Å². The fraction of sp³-hybridized carbons (Fsp3) is 0.0667. The van der Waals surface area contributed by atoms with Crippen molar-refractivity contribution in [1.29, 1.82) is 0 Å². The van der Waals surface area contributed by atoms with Gasteiger partial charge in [-0.2, -0.15) is 0 Å². The molecule has 1 aromatic carbocycles. The molecule has 0 saturated carbocycles. The molecule has 4 heteroatoms. The van der Waals surface area contributed by atoms with Gasteiger partial charge < -0.3 is 5.32 Å². The van der Waals surface area contributed by atoms with Gasteiger partial charge in [-0.1, -0.05) is 12.1 Å². The van der Waals surface area contributed by atoms with Gasteiger partial charge in [0.1, 0.15) is 5.82 Å². The van der Waals surface area contributed by atoms with E-state index in [1.165, 1.54) is 27.5 Å². The number of thiophene rings is 2. The molecule has 0 saturated heterocycles. The minimum Gasteiger partial charge on any atom is -0.380 e. The Balaban J connectivity index is 1.68. The van der Waals surface area contributed by atoms with Crippen LogP contribution in [0.25, 0.3) is 10.4 Å². The summed E-state index contributed by atoms with van der Waals surface area (Å²) in [5.41, 5.74) is 2.07. The van der Waals surface area contributed by atoms with Gasteiger partial charge in [-0.05, 0) is 41.1 Å². The second kappa shape index (κ2) is 5.55. The molecule has 0 bridgehead atoms. The zero-order valence-electron chi connectivity index (χ0n) is 10.1. The van der Waals surface area contributed by atoms with Gasteiger partial charge in [0.05, 0.1) is 0 Å². The van der Waals surface area contributed by atoms with Crippen LogP contribution < -0.4 is 5.32 Å². The van der Waals surface area contributed by atoms with Crippen LogP contribution in [0.15, 0.2) is 53.2 Å². The largest absolute Gasteiger partial charge is 0.380 e. The Labute approximate surface area is 119 Å².